The maximum absolute atomic E-state index is 11.9. The van der Waals surface area contributed by atoms with Crippen LogP contribution in [0, 0.1) is 0 Å². The molecule has 0 saturated carbocycles. The lowest BCUT2D eigenvalue weighted by Gasteiger charge is -2.18. The number of primary sulfonamides is 1. The molecule has 0 heterocycles. The van der Waals surface area contributed by atoms with Gasteiger partial charge >= 0.3 is 0 Å². The number of sulfonamides is 1. The molecule has 0 aliphatic carbocycles. The molecule has 0 spiro atoms. The van der Waals surface area contributed by atoms with Gasteiger partial charge in [-0.3, -0.25) is 4.79 Å². The molecule has 21 heavy (non-hydrogen) atoms. The molecule has 1 unspecified atom stereocenters. The van der Waals surface area contributed by atoms with Crippen LogP contribution < -0.4 is 16.2 Å². The molecule has 6 nitrogen and oxygen atoms in total. The number of amides is 1. The van der Waals surface area contributed by atoms with Gasteiger partial charge in [0.25, 0.3) is 0 Å². The molecule has 1 aromatic rings. The summed E-state index contributed by atoms with van der Waals surface area (Å²) in [5, 5.41) is 7.84. The van der Waals surface area contributed by atoms with E-state index in [4.69, 9.17) is 10.9 Å². The predicted molar refractivity (Wildman–Crippen MR) is 85.3 cm³/mol. The fourth-order valence-corrected chi connectivity index (χ4v) is 2.73. The van der Waals surface area contributed by atoms with Crippen molar-refractivity contribution in [3.05, 3.63) is 29.8 Å². The summed E-state index contributed by atoms with van der Waals surface area (Å²) in [7, 11) is -3.70. The Morgan fingerprint density at radius 1 is 1.33 bits per heavy atom. The third-order valence-corrected chi connectivity index (χ3v) is 4.61. The topological polar surface area (TPSA) is 115 Å². The van der Waals surface area contributed by atoms with E-state index in [1.807, 2.05) is 13.2 Å². The zero-order valence-electron chi connectivity index (χ0n) is 12.1. The van der Waals surface area contributed by atoms with Crippen LogP contribution in [0.3, 0.4) is 0 Å². The summed E-state index contributed by atoms with van der Waals surface area (Å²) in [6.07, 6.45) is 2.57. The molecule has 1 amide bonds. The van der Waals surface area contributed by atoms with E-state index >= 15 is 0 Å². The number of carbonyl (C=O) groups is 1. The number of carbonyl (C=O) groups excluding carboxylic acids is 1. The van der Waals surface area contributed by atoms with Crippen molar-refractivity contribution in [2.24, 2.45) is 10.9 Å². The van der Waals surface area contributed by atoms with Gasteiger partial charge in [-0.25, -0.2) is 13.6 Å². The Balaban J connectivity index is 2.67. The Hall–Kier alpha value is -1.09. The molecule has 5 N–H and O–H groups in total. The molecule has 0 fully saturated rings. The summed E-state index contributed by atoms with van der Waals surface area (Å²) in [4.78, 5) is 11.9. The monoisotopic (exact) mass is 331 g/mol. The Morgan fingerprint density at radius 3 is 2.38 bits per heavy atom. The van der Waals surface area contributed by atoms with E-state index in [0.29, 0.717) is 6.42 Å². The van der Waals surface area contributed by atoms with Crippen LogP contribution in [-0.2, 0) is 14.8 Å². The zero-order valence-corrected chi connectivity index (χ0v) is 13.7. The molecule has 0 aliphatic rings. The highest BCUT2D eigenvalue weighted by Gasteiger charge is 2.16. The number of nitrogens with two attached hydrogens (primary N) is 2. The van der Waals surface area contributed by atoms with Gasteiger partial charge < -0.3 is 11.1 Å². The summed E-state index contributed by atoms with van der Waals surface area (Å²) in [5.41, 5.74) is 6.57. The Morgan fingerprint density at radius 2 is 1.90 bits per heavy atom. The Kier molecular flexibility index (Phi) is 6.66. The van der Waals surface area contributed by atoms with E-state index < -0.39 is 16.1 Å². The highest BCUT2D eigenvalue weighted by Crippen LogP contribution is 2.15. The van der Waals surface area contributed by atoms with Crippen LogP contribution >= 0.6 is 11.8 Å². The highest BCUT2D eigenvalue weighted by molar-refractivity contribution is 7.98. The van der Waals surface area contributed by atoms with Crippen molar-refractivity contribution >= 4 is 27.7 Å². The lowest BCUT2D eigenvalue weighted by molar-refractivity contribution is -0.123. The number of hydrogen-bond donors (Lipinski definition) is 3. The van der Waals surface area contributed by atoms with Gasteiger partial charge in [-0.2, -0.15) is 11.8 Å². The van der Waals surface area contributed by atoms with Crippen molar-refractivity contribution in [1.82, 2.24) is 5.32 Å². The maximum atomic E-state index is 11.9. The van der Waals surface area contributed by atoms with Gasteiger partial charge in [0.1, 0.15) is 0 Å². The van der Waals surface area contributed by atoms with Crippen LogP contribution in [0.4, 0.5) is 0 Å². The SMILES string of the molecule is CSCC[C@H](N)C(=O)NC(C)c1ccc(S(N)(=O)=O)cc1. The van der Waals surface area contributed by atoms with Gasteiger partial charge in [-0.1, -0.05) is 12.1 Å². The molecule has 0 radical (unpaired) electrons. The molecule has 2 atom stereocenters. The summed E-state index contributed by atoms with van der Waals surface area (Å²) >= 11 is 1.64. The average Bonchev–Trinajstić information content (AvgIpc) is 2.43. The first-order valence-electron chi connectivity index (χ1n) is 6.43. The minimum atomic E-state index is -3.70. The fraction of sp³-hybridized carbons (Fsp3) is 0.462. The number of rotatable bonds is 7. The Labute approximate surface area is 129 Å². The lowest BCUT2D eigenvalue weighted by Crippen LogP contribution is -2.41. The summed E-state index contributed by atoms with van der Waals surface area (Å²) in [6, 6.07) is 5.29. The van der Waals surface area contributed by atoms with Crippen molar-refractivity contribution in [2.45, 2.75) is 30.3 Å². The first-order chi connectivity index (χ1) is 9.75. The first-order valence-corrected chi connectivity index (χ1v) is 9.37. The van der Waals surface area contributed by atoms with Crippen LogP contribution in [0.5, 0.6) is 0 Å². The van der Waals surface area contributed by atoms with Gasteiger partial charge in [-0.15, -0.1) is 0 Å². The molecular weight excluding hydrogens is 310 g/mol. The Bertz CT molecular complexity index is 573. The van der Waals surface area contributed by atoms with Crippen molar-refractivity contribution in [1.29, 1.82) is 0 Å². The van der Waals surface area contributed by atoms with Crippen molar-refractivity contribution in [3.63, 3.8) is 0 Å². The quantitative estimate of drug-likeness (QED) is 0.676. The predicted octanol–water partition coefficient (Wildman–Crippen LogP) is 0.592. The second-order valence-electron chi connectivity index (χ2n) is 4.73. The molecule has 1 aromatic carbocycles. The highest BCUT2D eigenvalue weighted by atomic mass is 32.2. The van der Waals surface area contributed by atoms with Crippen molar-refractivity contribution in [3.8, 4) is 0 Å². The van der Waals surface area contributed by atoms with Crippen LogP contribution in [0.15, 0.2) is 29.2 Å². The first kappa shape index (κ1) is 18.0. The third-order valence-electron chi connectivity index (χ3n) is 3.04. The summed E-state index contributed by atoms with van der Waals surface area (Å²) in [5.74, 6) is 0.610. The van der Waals surface area contributed by atoms with E-state index in [1.54, 1.807) is 23.9 Å². The minimum Gasteiger partial charge on any atom is -0.348 e. The van der Waals surface area contributed by atoms with E-state index in [2.05, 4.69) is 5.32 Å². The fourth-order valence-electron chi connectivity index (χ4n) is 1.73. The van der Waals surface area contributed by atoms with E-state index in [-0.39, 0.29) is 16.8 Å². The molecule has 0 aliphatic heterocycles. The van der Waals surface area contributed by atoms with Crippen LogP contribution in [0.1, 0.15) is 24.9 Å². The van der Waals surface area contributed by atoms with Crippen LogP contribution in [-0.4, -0.2) is 32.4 Å². The molecule has 0 aromatic heterocycles. The second kappa shape index (κ2) is 7.79. The lowest BCUT2D eigenvalue weighted by atomic mass is 10.1. The van der Waals surface area contributed by atoms with E-state index in [0.717, 1.165) is 11.3 Å². The smallest absolute Gasteiger partial charge is 0.238 e. The standard InChI is InChI=1S/C13H21N3O3S2/c1-9(16-13(17)12(14)7-8-20-2)10-3-5-11(6-4-10)21(15,18)19/h3-6,9,12H,7-8,14H2,1-2H3,(H,16,17)(H2,15,18,19)/t9?,12-/m0/s1. The normalized spacial score (nSPS) is 14.5. The van der Waals surface area contributed by atoms with E-state index in [9.17, 15) is 13.2 Å². The number of benzene rings is 1. The third kappa shape index (κ3) is 5.66. The maximum Gasteiger partial charge on any atom is 0.238 e. The molecule has 118 valence electrons. The average molecular weight is 331 g/mol. The number of hydrogen-bond acceptors (Lipinski definition) is 5. The van der Waals surface area contributed by atoms with Crippen molar-refractivity contribution in [2.75, 3.05) is 12.0 Å². The molecular formula is C13H21N3O3S2. The number of thioether (sulfide) groups is 1. The molecule has 1 rings (SSSR count). The van der Waals surface area contributed by atoms with Gasteiger partial charge in [0.2, 0.25) is 15.9 Å². The van der Waals surface area contributed by atoms with Crippen molar-refractivity contribution < 1.29 is 13.2 Å². The summed E-state index contributed by atoms with van der Waals surface area (Å²) < 4.78 is 22.3. The number of nitrogens with one attached hydrogen (secondary N) is 1. The van der Waals surface area contributed by atoms with Gasteiger partial charge in [0.15, 0.2) is 0 Å². The van der Waals surface area contributed by atoms with Crippen LogP contribution in [0.25, 0.3) is 0 Å². The van der Waals surface area contributed by atoms with Gasteiger partial charge in [0.05, 0.1) is 17.0 Å². The summed E-state index contributed by atoms with van der Waals surface area (Å²) in [6.45, 7) is 1.81. The van der Waals surface area contributed by atoms with E-state index in [1.165, 1.54) is 12.1 Å². The molecule has 0 saturated heterocycles. The largest absolute Gasteiger partial charge is 0.348 e. The van der Waals surface area contributed by atoms with Crippen LogP contribution in [0.2, 0.25) is 0 Å². The second-order valence-corrected chi connectivity index (χ2v) is 7.28. The molecule has 0 bridgehead atoms. The van der Waals surface area contributed by atoms with Gasteiger partial charge in [-0.05, 0) is 43.0 Å². The minimum absolute atomic E-state index is 0.0430. The zero-order chi connectivity index (χ0) is 16.0. The van der Waals surface area contributed by atoms with Gasteiger partial charge in [0, 0.05) is 0 Å². The molecule has 8 heteroatoms.